The van der Waals surface area contributed by atoms with Crippen LogP contribution >= 0.6 is 11.3 Å². The number of aliphatic hydroxyl groups excluding tert-OH is 1. The zero-order valence-electron chi connectivity index (χ0n) is 13.1. The summed E-state index contributed by atoms with van der Waals surface area (Å²) in [5, 5.41) is 26.6. The quantitative estimate of drug-likeness (QED) is 0.581. The Morgan fingerprint density at radius 3 is 3.04 bits per heavy atom. The number of aromatic nitrogens is 2. The molecule has 1 aliphatic heterocycles. The minimum absolute atomic E-state index is 0.101. The molecule has 25 heavy (non-hydrogen) atoms. The second kappa shape index (κ2) is 7.43. The summed E-state index contributed by atoms with van der Waals surface area (Å²) in [5.74, 6) is -0.628. The molecule has 0 radical (unpaired) electrons. The average molecular weight is 360 g/mol. The molecule has 0 aromatic carbocycles. The van der Waals surface area contributed by atoms with Gasteiger partial charge < -0.3 is 20.7 Å². The third-order valence-corrected chi connectivity index (χ3v) is 4.47. The Balaban J connectivity index is 1.51. The van der Waals surface area contributed by atoms with E-state index in [0.29, 0.717) is 17.2 Å². The molecule has 0 saturated carbocycles. The maximum absolute atomic E-state index is 12.1. The molecule has 3 rings (SSSR count). The van der Waals surface area contributed by atoms with Crippen molar-refractivity contribution < 1.29 is 14.7 Å². The van der Waals surface area contributed by atoms with Crippen molar-refractivity contribution in [1.29, 1.82) is 5.26 Å². The molecule has 0 aliphatic carbocycles. The van der Waals surface area contributed by atoms with Gasteiger partial charge in [-0.2, -0.15) is 5.26 Å². The molecule has 2 atom stereocenters. The summed E-state index contributed by atoms with van der Waals surface area (Å²) in [6.45, 7) is 0.735. The fraction of sp³-hybridized carbons (Fsp3) is 0.333. The highest BCUT2D eigenvalue weighted by Crippen LogP contribution is 2.13. The Bertz CT molecular complexity index is 797. The topological polar surface area (TPSA) is 134 Å². The van der Waals surface area contributed by atoms with Crippen LogP contribution in [0.15, 0.2) is 23.8 Å². The number of aromatic amines is 1. The van der Waals surface area contributed by atoms with E-state index in [1.165, 1.54) is 23.6 Å². The SMILES string of the molecule is N#Cc1c[nH]c(C(=O)N[C@H]2CN(CC(=O)Nc3nccs3)C[C@H]2O)c1. The molecule has 130 valence electrons. The van der Waals surface area contributed by atoms with Crippen molar-refractivity contribution in [2.24, 2.45) is 0 Å². The van der Waals surface area contributed by atoms with Crippen LogP contribution in [0.4, 0.5) is 5.13 Å². The van der Waals surface area contributed by atoms with E-state index in [0.717, 1.165) is 0 Å². The van der Waals surface area contributed by atoms with Crippen molar-refractivity contribution in [3.63, 3.8) is 0 Å². The number of carbonyl (C=O) groups is 2. The van der Waals surface area contributed by atoms with Crippen molar-refractivity contribution in [2.75, 3.05) is 25.0 Å². The number of nitrogens with one attached hydrogen (secondary N) is 3. The lowest BCUT2D eigenvalue weighted by molar-refractivity contribution is -0.117. The van der Waals surface area contributed by atoms with Gasteiger partial charge in [-0.25, -0.2) is 4.98 Å². The van der Waals surface area contributed by atoms with Gasteiger partial charge in [0.05, 0.1) is 24.3 Å². The predicted octanol–water partition coefficient (Wildman–Crippen LogP) is -0.244. The number of aliphatic hydroxyl groups is 1. The van der Waals surface area contributed by atoms with E-state index in [4.69, 9.17) is 5.26 Å². The summed E-state index contributed by atoms with van der Waals surface area (Å²) in [6, 6.07) is 2.88. The number of nitriles is 1. The average Bonchev–Trinajstić information content (AvgIpc) is 3.29. The monoisotopic (exact) mass is 360 g/mol. The van der Waals surface area contributed by atoms with Crippen LogP contribution in [0.2, 0.25) is 0 Å². The number of hydrogen-bond acceptors (Lipinski definition) is 7. The van der Waals surface area contributed by atoms with E-state index >= 15 is 0 Å². The summed E-state index contributed by atoms with van der Waals surface area (Å²) < 4.78 is 0. The minimum Gasteiger partial charge on any atom is -0.390 e. The number of amides is 2. The molecule has 2 aromatic rings. The molecule has 2 amide bonds. The number of H-pyrrole nitrogens is 1. The van der Waals surface area contributed by atoms with Gasteiger partial charge in [0, 0.05) is 30.9 Å². The normalized spacial score (nSPS) is 20.2. The van der Waals surface area contributed by atoms with Gasteiger partial charge in [-0.15, -0.1) is 11.3 Å². The Labute approximate surface area is 147 Å². The van der Waals surface area contributed by atoms with Gasteiger partial charge in [-0.05, 0) is 6.07 Å². The van der Waals surface area contributed by atoms with Crippen LogP contribution < -0.4 is 10.6 Å². The fourth-order valence-corrected chi connectivity index (χ4v) is 3.17. The zero-order valence-corrected chi connectivity index (χ0v) is 13.9. The lowest BCUT2D eigenvalue weighted by Gasteiger charge is -2.16. The number of β-amino-alcohol motifs (C(OH)–C–C–N with tert-alkyl or cyclic N) is 1. The summed E-state index contributed by atoms with van der Waals surface area (Å²) >= 11 is 1.33. The molecule has 0 unspecified atom stereocenters. The third kappa shape index (κ3) is 4.21. The van der Waals surface area contributed by atoms with Gasteiger partial charge in [0.1, 0.15) is 11.8 Å². The lowest BCUT2D eigenvalue weighted by atomic mass is 10.2. The van der Waals surface area contributed by atoms with Gasteiger partial charge in [0.25, 0.3) is 5.91 Å². The van der Waals surface area contributed by atoms with E-state index in [1.54, 1.807) is 16.5 Å². The van der Waals surface area contributed by atoms with Crippen LogP contribution in [0.25, 0.3) is 0 Å². The highest BCUT2D eigenvalue weighted by atomic mass is 32.1. The molecule has 2 aromatic heterocycles. The molecule has 3 heterocycles. The number of rotatable bonds is 5. The number of carbonyl (C=O) groups excluding carboxylic acids is 2. The van der Waals surface area contributed by atoms with Crippen molar-refractivity contribution >= 4 is 28.3 Å². The van der Waals surface area contributed by atoms with Crippen molar-refractivity contribution in [3.8, 4) is 6.07 Å². The first kappa shape index (κ1) is 17.1. The van der Waals surface area contributed by atoms with E-state index in [2.05, 4.69) is 20.6 Å². The number of hydrogen-bond donors (Lipinski definition) is 4. The Hall–Kier alpha value is -2.74. The zero-order chi connectivity index (χ0) is 17.8. The van der Waals surface area contributed by atoms with Gasteiger partial charge in [-0.1, -0.05) is 0 Å². The molecule has 1 saturated heterocycles. The van der Waals surface area contributed by atoms with Gasteiger partial charge in [0.2, 0.25) is 5.91 Å². The van der Waals surface area contributed by atoms with E-state index in [1.807, 2.05) is 6.07 Å². The van der Waals surface area contributed by atoms with Crippen LogP contribution in [0.5, 0.6) is 0 Å². The number of likely N-dealkylation sites (tertiary alicyclic amines) is 1. The van der Waals surface area contributed by atoms with Crippen LogP contribution in [0.1, 0.15) is 16.1 Å². The second-order valence-corrected chi connectivity index (χ2v) is 6.54. The molecule has 1 aliphatic rings. The molecule has 0 bridgehead atoms. The summed E-state index contributed by atoms with van der Waals surface area (Å²) in [7, 11) is 0. The van der Waals surface area contributed by atoms with Gasteiger partial charge in [-0.3, -0.25) is 14.5 Å². The van der Waals surface area contributed by atoms with Crippen molar-refractivity contribution in [3.05, 3.63) is 35.1 Å². The van der Waals surface area contributed by atoms with Crippen molar-refractivity contribution in [1.82, 2.24) is 20.2 Å². The smallest absolute Gasteiger partial charge is 0.268 e. The summed E-state index contributed by atoms with van der Waals surface area (Å²) in [6.07, 6.45) is 2.26. The van der Waals surface area contributed by atoms with Crippen LogP contribution in [-0.4, -0.2) is 63.6 Å². The van der Waals surface area contributed by atoms with Crippen LogP contribution in [0, 0.1) is 11.3 Å². The van der Waals surface area contributed by atoms with E-state index < -0.39 is 18.1 Å². The molecule has 4 N–H and O–H groups in total. The largest absolute Gasteiger partial charge is 0.390 e. The molecular weight excluding hydrogens is 344 g/mol. The Morgan fingerprint density at radius 1 is 1.52 bits per heavy atom. The second-order valence-electron chi connectivity index (χ2n) is 5.64. The Kier molecular flexibility index (Phi) is 5.08. The van der Waals surface area contributed by atoms with Gasteiger partial charge >= 0.3 is 0 Å². The number of thiazole rings is 1. The minimum atomic E-state index is -0.776. The molecule has 10 heteroatoms. The number of nitrogens with zero attached hydrogens (tertiary/aromatic N) is 3. The molecule has 9 nitrogen and oxygen atoms in total. The molecular formula is C15H16N6O3S. The van der Waals surface area contributed by atoms with Gasteiger partial charge in [0.15, 0.2) is 5.13 Å². The Morgan fingerprint density at radius 2 is 2.36 bits per heavy atom. The van der Waals surface area contributed by atoms with E-state index in [9.17, 15) is 14.7 Å². The molecule has 0 spiro atoms. The predicted molar refractivity (Wildman–Crippen MR) is 90.0 cm³/mol. The summed E-state index contributed by atoms with van der Waals surface area (Å²) in [5.41, 5.74) is 0.612. The molecule has 1 fully saturated rings. The van der Waals surface area contributed by atoms with Crippen LogP contribution in [0.3, 0.4) is 0 Å². The van der Waals surface area contributed by atoms with Crippen LogP contribution in [-0.2, 0) is 4.79 Å². The highest BCUT2D eigenvalue weighted by molar-refractivity contribution is 7.13. The first-order valence-electron chi connectivity index (χ1n) is 7.54. The summed E-state index contributed by atoms with van der Waals surface area (Å²) in [4.78, 5) is 32.6. The maximum atomic E-state index is 12.1. The standard InChI is InChI=1S/C15H16N6O3S/c16-4-9-3-10(18-5-9)14(24)19-11-6-21(7-12(11)22)8-13(23)20-15-17-1-2-25-15/h1-3,5,11-12,18,22H,6-8H2,(H,19,24)(H,17,20,23)/t11-,12+/m0/s1. The first-order chi connectivity index (χ1) is 12.0. The maximum Gasteiger partial charge on any atom is 0.268 e. The first-order valence-corrected chi connectivity index (χ1v) is 8.42. The van der Waals surface area contributed by atoms with E-state index in [-0.39, 0.29) is 24.7 Å². The lowest BCUT2D eigenvalue weighted by Crippen LogP contribution is -2.43. The fourth-order valence-electron chi connectivity index (χ4n) is 2.62. The third-order valence-electron chi connectivity index (χ3n) is 3.78. The highest BCUT2D eigenvalue weighted by Gasteiger charge is 2.33. The van der Waals surface area contributed by atoms with Crippen molar-refractivity contribution in [2.45, 2.75) is 12.1 Å². The number of anilines is 1.